The van der Waals surface area contributed by atoms with Crippen molar-refractivity contribution in [3.63, 3.8) is 0 Å². The van der Waals surface area contributed by atoms with E-state index in [0.717, 1.165) is 5.42 Å². The zero-order valence-electron chi connectivity index (χ0n) is 3.78. The van der Waals surface area contributed by atoms with Gasteiger partial charge in [0.2, 0.25) is 0 Å². The monoisotopic (exact) mass is 104 g/mol. The first kappa shape index (κ1) is 6.09. The third-order valence-corrected chi connectivity index (χ3v) is 0.960. The van der Waals surface area contributed by atoms with Gasteiger partial charge in [0, 0.05) is 12.0 Å². The first-order chi connectivity index (χ1) is 2.81. The Bertz CT molecular complexity index is 46.8. The van der Waals surface area contributed by atoms with Crippen molar-refractivity contribution in [1.82, 2.24) is 5.32 Å². The van der Waals surface area contributed by atoms with Gasteiger partial charge in [0.25, 0.3) is 0 Å². The molecule has 0 saturated carbocycles. The van der Waals surface area contributed by atoms with Gasteiger partial charge in [-0.2, -0.15) is 0 Å². The van der Waals surface area contributed by atoms with E-state index in [0.29, 0.717) is 6.54 Å². The minimum absolute atomic E-state index is 0.549. The molecule has 0 atom stereocenters. The molecule has 0 rings (SSSR count). The van der Waals surface area contributed by atoms with Crippen LogP contribution in [0, 0.1) is 0 Å². The van der Waals surface area contributed by atoms with Crippen LogP contribution in [-0.4, -0.2) is 19.0 Å². The Labute approximate surface area is 39.9 Å². The van der Waals surface area contributed by atoms with Crippen molar-refractivity contribution < 1.29 is 0 Å². The minimum atomic E-state index is 0.549. The molecular formula is C3H9N2P. The van der Waals surface area contributed by atoms with Crippen molar-refractivity contribution in [2.45, 2.75) is 0 Å². The second-order valence-corrected chi connectivity index (χ2v) is 1.54. The van der Waals surface area contributed by atoms with Gasteiger partial charge in [0.1, 0.15) is 0 Å². The molecular weight excluding hydrogens is 95.0 g/mol. The summed E-state index contributed by atoms with van der Waals surface area (Å²) in [5, 5.41) is 2.82. The van der Waals surface area contributed by atoms with Gasteiger partial charge in [-0.05, 0) is 7.05 Å². The third kappa shape index (κ3) is 2.33. The second kappa shape index (κ2) is 3.29. The van der Waals surface area contributed by atoms with E-state index in [2.05, 4.69) is 14.2 Å². The summed E-state index contributed by atoms with van der Waals surface area (Å²) in [5.41, 5.74) is 6.06. The van der Waals surface area contributed by atoms with Crippen molar-refractivity contribution in [3.05, 3.63) is 0 Å². The number of nitrogens with two attached hydrogens (primary N) is 1. The largest absolute Gasteiger partial charge is 0.325 e. The zero-order valence-corrected chi connectivity index (χ0v) is 4.78. The fourth-order valence-corrected chi connectivity index (χ4v) is 0.102. The minimum Gasteiger partial charge on any atom is -0.325 e. The van der Waals surface area contributed by atoms with Crippen LogP contribution in [-0.2, 0) is 0 Å². The molecule has 0 aliphatic heterocycles. The van der Waals surface area contributed by atoms with Crippen LogP contribution in [0.1, 0.15) is 0 Å². The number of hydrogen-bond acceptors (Lipinski definition) is 1. The van der Waals surface area contributed by atoms with E-state index in [1.54, 1.807) is 0 Å². The van der Waals surface area contributed by atoms with Crippen LogP contribution in [0.4, 0.5) is 0 Å². The summed E-state index contributed by atoms with van der Waals surface area (Å²) < 4.78 is 0. The maximum atomic E-state index is 5.13. The van der Waals surface area contributed by atoms with Crippen LogP contribution >= 0.6 is 8.86 Å². The molecule has 2 nitrogen and oxygen atoms in total. The van der Waals surface area contributed by atoms with Crippen LogP contribution in [0.5, 0.6) is 0 Å². The van der Waals surface area contributed by atoms with Crippen LogP contribution in [0.3, 0.4) is 0 Å². The molecule has 6 heavy (non-hydrogen) atoms. The topological polar surface area (TPSA) is 38.0 Å². The Balaban J connectivity index is 2.99. The molecule has 0 aromatic carbocycles. The molecule has 0 aliphatic carbocycles. The highest BCUT2D eigenvalue weighted by Crippen LogP contribution is 1.63. The van der Waals surface area contributed by atoms with E-state index in [1.165, 1.54) is 0 Å². The lowest BCUT2D eigenvalue weighted by molar-refractivity contribution is 1.14. The van der Waals surface area contributed by atoms with E-state index in [1.807, 2.05) is 7.05 Å². The SMILES string of the molecule is CNC(=P)CN. The molecule has 0 fully saturated rings. The number of nitrogens with one attached hydrogen (secondary N) is 1. The molecule has 0 spiro atoms. The smallest absolute Gasteiger partial charge is 0.0318 e. The van der Waals surface area contributed by atoms with E-state index >= 15 is 0 Å². The summed E-state index contributed by atoms with van der Waals surface area (Å²) in [7, 11) is 5.02. The summed E-state index contributed by atoms with van der Waals surface area (Å²) in [6, 6.07) is 0. The first-order valence-corrected chi connectivity index (χ1v) is 2.26. The van der Waals surface area contributed by atoms with Gasteiger partial charge < -0.3 is 5.73 Å². The number of rotatable bonds is 2. The number of hydrogen-bond donors (Lipinski definition) is 2. The van der Waals surface area contributed by atoms with E-state index in [-0.39, 0.29) is 0 Å². The van der Waals surface area contributed by atoms with Crippen molar-refractivity contribution in [3.8, 4) is 0 Å². The maximum absolute atomic E-state index is 5.13. The lowest BCUT2D eigenvalue weighted by atomic mass is 10.7. The molecule has 3 heteroatoms. The molecule has 0 radical (unpaired) electrons. The van der Waals surface area contributed by atoms with E-state index in [9.17, 15) is 0 Å². The van der Waals surface area contributed by atoms with Gasteiger partial charge in [-0.1, -0.05) is 0 Å². The van der Waals surface area contributed by atoms with Gasteiger partial charge in [-0.15, -0.1) is 8.86 Å². The van der Waals surface area contributed by atoms with Crippen molar-refractivity contribution in [2.24, 2.45) is 5.73 Å². The Kier molecular flexibility index (Phi) is 3.34. The Hall–Kier alpha value is 0.0900. The van der Waals surface area contributed by atoms with Gasteiger partial charge in [0.15, 0.2) is 0 Å². The summed E-state index contributed by atoms with van der Waals surface area (Å²) in [6.07, 6.45) is 0. The average Bonchev–Trinajstić information content (AvgIpc) is 1.65. The lowest BCUT2D eigenvalue weighted by Gasteiger charge is -1.92. The summed E-state index contributed by atoms with van der Waals surface area (Å²) in [5.74, 6) is 0. The normalized spacial score (nSPS) is 8.33. The maximum Gasteiger partial charge on any atom is 0.0318 e. The van der Waals surface area contributed by atoms with Gasteiger partial charge >= 0.3 is 0 Å². The number of likely N-dealkylation sites (N-methyl/N-ethyl adjacent to an activating group) is 1. The van der Waals surface area contributed by atoms with Crippen LogP contribution in [0.15, 0.2) is 0 Å². The van der Waals surface area contributed by atoms with Crippen LogP contribution < -0.4 is 11.1 Å². The Morgan fingerprint density at radius 1 is 2.00 bits per heavy atom. The van der Waals surface area contributed by atoms with Crippen molar-refractivity contribution >= 4 is 14.3 Å². The van der Waals surface area contributed by atoms with Crippen molar-refractivity contribution in [1.29, 1.82) is 0 Å². The zero-order chi connectivity index (χ0) is 4.99. The molecule has 0 bridgehead atoms. The molecule has 36 valence electrons. The molecule has 0 aromatic heterocycles. The lowest BCUT2D eigenvalue weighted by Crippen LogP contribution is -2.23. The highest BCUT2D eigenvalue weighted by atomic mass is 31.0. The summed E-state index contributed by atoms with van der Waals surface area (Å²) >= 11 is 0. The molecule has 3 N–H and O–H groups in total. The second-order valence-electron chi connectivity index (χ2n) is 0.933. The third-order valence-electron chi connectivity index (χ3n) is 0.506. The summed E-state index contributed by atoms with van der Waals surface area (Å²) in [6.45, 7) is 0.549. The van der Waals surface area contributed by atoms with Crippen molar-refractivity contribution in [2.75, 3.05) is 13.6 Å². The van der Waals surface area contributed by atoms with Gasteiger partial charge in [-0.25, -0.2) is 0 Å². The first-order valence-electron chi connectivity index (χ1n) is 1.76. The Morgan fingerprint density at radius 2 is 2.50 bits per heavy atom. The van der Waals surface area contributed by atoms with Gasteiger partial charge in [-0.3, -0.25) is 5.32 Å². The van der Waals surface area contributed by atoms with E-state index < -0.39 is 0 Å². The van der Waals surface area contributed by atoms with Gasteiger partial charge in [0.05, 0.1) is 0 Å². The summed E-state index contributed by atoms with van der Waals surface area (Å²) in [4.78, 5) is 0. The molecule has 0 heterocycles. The average molecular weight is 104 g/mol. The van der Waals surface area contributed by atoms with Crippen LogP contribution in [0.25, 0.3) is 0 Å². The fourth-order valence-electron chi connectivity index (χ4n) is 0.102. The van der Waals surface area contributed by atoms with E-state index in [4.69, 9.17) is 5.73 Å². The fraction of sp³-hybridized carbons (Fsp3) is 0.667. The predicted octanol–water partition coefficient (Wildman–Crippen LogP) is -0.563. The molecule has 0 saturated heterocycles. The Morgan fingerprint density at radius 3 is 2.50 bits per heavy atom. The highest BCUT2D eigenvalue weighted by Gasteiger charge is 1.76. The molecule has 0 unspecified atom stereocenters. The predicted molar refractivity (Wildman–Crippen MR) is 31.4 cm³/mol. The quantitative estimate of drug-likeness (QED) is 0.461. The standard InChI is InChI=1S/C3H9N2P/c1-5-3(6)2-4/h5-6H,2,4H2,1H3. The molecule has 0 amide bonds. The van der Waals surface area contributed by atoms with Crippen LogP contribution in [0.2, 0.25) is 0 Å². The highest BCUT2D eigenvalue weighted by molar-refractivity contribution is 7.21. The molecule has 0 aliphatic rings. The molecule has 0 aromatic rings.